The Morgan fingerprint density at radius 1 is 1.16 bits per heavy atom. The lowest BCUT2D eigenvalue weighted by Crippen LogP contribution is -2.15. The zero-order valence-corrected chi connectivity index (χ0v) is 10.3. The summed E-state index contributed by atoms with van der Waals surface area (Å²) in [5, 5.41) is 4.41. The van der Waals surface area contributed by atoms with Gasteiger partial charge in [0.05, 0.1) is 12.8 Å². The van der Waals surface area contributed by atoms with Gasteiger partial charge in [-0.05, 0) is 12.1 Å². The van der Waals surface area contributed by atoms with E-state index in [9.17, 15) is 0 Å². The number of fused-ring (bicyclic) bond motifs is 1. The van der Waals surface area contributed by atoms with E-state index in [-0.39, 0.29) is 0 Å². The van der Waals surface area contributed by atoms with Gasteiger partial charge in [0.2, 0.25) is 0 Å². The third-order valence-electron chi connectivity index (χ3n) is 2.89. The highest BCUT2D eigenvalue weighted by Gasteiger charge is 2.04. The van der Waals surface area contributed by atoms with E-state index in [4.69, 9.17) is 10.2 Å². The summed E-state index contributed by atoms with van der Waals surface area (Å²) in [7, 11) is 0. The average molecular weight is 254 g/mol. The molecule has 2 heterocycles. The molecule has 0 saturated carbocycles. The second-order valence-electron chi connectivity index (χ2n) is 4.26. The van der Waals surface area contributed by atoms with Gasteiger partial charge in [-0.3, -0.25) is 0 Å². The van der Waals surface area contributed by atoms with Gasteiger partial charge in [0, 0.05) is 23.7 Å². The fourth-order valence-corrected chi connectivity index (χ4v) is 1.98. The molecule has 96 valence electrons. The Morgan fingerprint density at radius 2 is 2.05 bits per heavy atom. The second-order valence-corrected chi connectivity index (χ2v) is 4.26. The largest absolute Gasteiger partial charge is 0.464 e. The highest BCUT2D eigenvalue weighted by Crippen LogP contribution is 2.20. The number of benzene rings is 1. The summed E-state index contributed by atoms with van der Waals surface area (Å²) in [5.74, 6) is 1.17. The van der Waals surface area contributed by atoms with Gasteiger partial charge in [0.1, 0.15) is 17.2 Å². The maximum absolute atomic E-state index is 5.61. The predicted molar refractivity (Wildman–Crippen MR) is 73.2 cm³/mol. The van der Waals surface area contributed by atoms with Crippen molar-refractivity contribution in [1.82, 2.24) is 15.3 Å². The molecule has 2 aromatic heterocycles. The minimum absolute atomic E-state index is 0.487. The Bertz CT molecular complexity index is 692. The molecular weight excluding hydrogens is 240 g/mol. The van der Waals surface area contributed by atoms with Crippen molar-refractivity contribution >= 4 is 16.8 Å². The van der Waals surface area contributed by atoms with Crippen molar-refractivity contribution in [3.63, 3.8) is 0 Å². The summed E-state index contributed by atoms with van der Waals surface area (Å²) in [6, 6.07) is 9.64. The quantitative estimate of drug-likeness (QED) is 0.745. The normalized spacial score (nSPS) is 10.9. The number of aromatic nitrogens is 2. The number of nitrogen functional groups attached to an aromatic ring is 1. The molecule has 0 radical (unpaired) electrons. The number of nitrogens with one attached hydrogen (secondary N) is 1. The van der Waals surface area contributed by atoms with Crippen LogP contribution in [0.2, 0.25) is 0 Å². The smallest absolute Gasteiger partial charge is 0.144 e. The standard InChI is InChI=1S/C14H14N4O/c15-13-5-6-17-14(18-13)8-16-7-10-9-19-12-4-2-1-3-11(10)12/h1-6,9,16H,7-8H2,(H2,15,17,18). The van der Waals surface area contributed by atoms with Gasteiger partial charge < -0.3 is 15.5 Å². The second kappa shape index (κ2) is 5.07. The minimum Gasteiger partial charge on any atom is -0.464 e. The average Bonchev–Trinajstić information content (AvgIpc) is 2.83. The fourth-order valence-electron chi connectivity index (χ4n) is 1.98. The van der Waals surface area contributed by atoms with E-state index in [2.05, 4.69) is 15.3 Å². The summed E-state index contributed by atoms with van der Waals surface area (Å²) in [5.41, 5.74) is 7.63. The first-order valence-electron chi connectivity index (χ1n) is 6.06. The van der Waals surface area contributed by atoms with E-state index in [1.165, 1.54) is 0 Å². The number of hydrogen-bond acceptors (Lipinski definition) is 5. The topological polar surface area (TPSA) is 77.0 Å². The number of hydrogen-bond donors (Lipinski definition) is 2. The van der Waals surface area contributed by atoms with E-state index in [1.807, 2.05) is 24.3 Å². The Morgan fingerprint density at radius 3 is 2.95 bits per heavy atom. The molecule has 0 saturated heterocycles. The Labute approximate surface area is 110 Å². The van der Waals surface area contributed by atoms with Crippen molar-refractivity contribution < 1.29 is 4.42 Å². The van der Waals surface area contributed by atoms with Crippen molar-refractivity contribution in [2.45, 2.75) is 13.1 Å². The van der Waals surface area contributed by atoms with Crippen LogP contribution in [-0.2, 0) is 13.1 Å². The lowest BCUT2D eigenvalue weighted by Gasteiger charge is -2.03. The summed E-state index contributed by atoms with van der Waals surface area (Å²) >= 11 is 0. The van der Waals surface area contributed by atoms with Crippen molar-refractivity contribution in [2.75, 3.05) is 5.73 Å². The number of furan rings is 1. The van der Waals surface area contributed by atoms with Gasteiger partial charge in [-0.25, -0.2) is 9.97 Å². The summed E-state index contributed by atoms with van der Waals surface area (Å²) < 4.78 is 5.48. The first-order valence-corrected chi connectivity index (χ1v) is 6.06. The molecular formula is C14H14N4O. The molecule has 0 spiro atoms. The molecule has 3 N–H and O–H groups in total. The molecule has 19 heavy (non-hydrogen) atoms. The Balaban J connectivity index is 1.66. The van der Waals surface area contributed by atoms with Gasteiger partial charge in [0.15, 0.2) is 0 Å². The van der Waals surface area contributed by atoms with Crippen LogP contribution in [0.3, 0.4) is 0 Å². The van der Waals surface area contributed by atoms with E-state index in [1.54, 1.807) is 18.5 Å². The number of anilines is 1. The van der Waals surface area contributed by atoms with E-state index in [0.717, 1.165) is 16.5 Å². The zero-order chi connectivity index (χ0) is 13.1. The van der Waals surface area contributed by atoms with Crippen LogP contribution in [0.4, 0.5) is 5.82 Å². The van der Waals surface area contributed by atoms with Crippen molar-refractivity contribution in [2.24, 2.45) is 0 Å². The van der Waals surface area contributed by atoms with Crippen LogP contribution in [-0.4, -0.2) is 9.97 Å². The maximum Gasteiger partial charge on any atom is 0.144 e. The maximum atomic E-state index is 5.61. The molecule has 0 aliphatic carbocycles. The van der Waals surface area contributed by atoms with Crippen molar-refractivity contribution in [1.29, 1.82) is 0 Å². The SMILES string of the molecule is Nc1ccnc(CNCc2coc3ccccc23)n1. The van der Waals surface area contributed by atoms with Gasteiger partial charge in [-0.2, -0.15) is 0 Å². The van der Waals surface area contributed by atoms with Crippen LogP contribution < -0.4 is 11.1 Å². The fraction of sp³-hybridized carbons (Fsp3) is 0.143. The van der Waals surface area contributed by atoms with Crippen LogP contribution in [0, 0.1) is 0 Å². The minimum atomic E-state index is 0.487. The number of nitrogens with two attached hydrogens (primary N) is 1. The number of nitrogens with zero attached hydrogens (tertiary/aromatic N) is 2. The molecule has 1 aromatic carbocycles. The van der Waals surface area contributed by atoms with Gasteiger partial charge in [-0.15, -0.1) is 0 Å². The molecule has 0 aliphatic heterocycles. The summed E-state index contributed by atoms with van der Waals surface area (Å²) in [6.45, 7) is 1.28. The first-order chi connectivity index (χ1) is 9.33. The van der Waals surface area contributed by atoms with Crippen LogP contribution in [0.1, 0.15) is 11.4 Å². The molecule has 5 nitrogen and oxygen atoms in total. The molecule has 0 atom stereocenters. The van der Waals surface area contributed by atoms with Crippen LogP contribution in [0.5, 0.6) is 0 Å². The van der Waals surface area contributed by atoms with Crippen LogP contribution in [0.15, 0.2) is 47.2 Å². The number of rotatable bonds is 4. The van der Waals surface area contributed by atoms with Gasteiger partial charge >= 0.3 is 0 Å². The lowest BCUT2D eigenvalue weighted by molar-refractivity contribution is 0.599. The predicted octanol–water partition coefficient (Wildman–Crippen LogP) is 2.09. The van der Waals surface area contributed by atoms with E-state index in [0.29, 0.717) is 24.7 Å². The third kappa shape index (κ3) is 2.56. The van der Waals surface area contributed by atoms with Gasteiger partial charge in [-0.1, -0.05) is 18.2 Å². The first kappa shape index (κ1) is 11.7. The van der Waals surface area contributed by atoms with E-state index >= 15 is 0 Å². The molecule has 0 bridgehead atoms. The lowest BCUT2D eigenvalue weighted by atomic mass is 10.2. The summed E-state index contributed by atoms with van der Waals surface area (Å²) in [6.07, 6.45) is 3.43. The van der Waals surface area contributed by atoms with E-state index < -0.39 is 0 Å². The highest BCUT2D eigenvalue weighted by atomic mass is 16.3. The summed E-state index contributed by atoms with van der Waals surface area (Å²) in [4.78, 5) is 8.28. The van der Waals surface area contributed by atoms with Crippen molar-refractivity contribution in [3.8, 4) is 0 Å². The molecule has 5 heteroatoms. The Hall–Kier alpha value is -2.40. The zero-order valence-electron chi connectivity index (χ0n) is 10.3. The van der Waals surface area contributed by atoms with Crippen molar-refractivity contribution in [3.05, 3.63) is 54.2 Å². The molecule has 3 aromatic rings. The van der Waals surface area contributed by atoms with Crippen LogP contribution in [0.25, 0.3) is 11.0 Å². The molecule has 3 rings (SSSR count). The monoisotopic (exact) mass is 254 g/mol. The highest BCUT2D eigenvalue weighted by molar-refractivity contribution is 5.80. The van der Waals surface area contributed by atoms with Crippen LogP contribution >= 0.6 is 0 Å². The molecule has 0 aliphatic rings. The van der Waals surface area contributed by atoms with Gasteiger partial charge in [0.25, 0.3) is 0 Å². The number of para-hydroxylation sites is 1. The molecule has 0 amide bonds. The molecule has 0 fully saturated rings. The third-order valence-corrected chi connectivity index (χ3v) is 2.89. The Kier molecular flexibility index (Phi) is 3.12. The molecule has 0 unspecified atom stereocenters.